The smallest absolute Gasteiger partial charge is 0.0233 e. The van der Waals surface area contributed by atoms with E-state index in [1.54, 1.807) is 0 Å². The summed E-state index contributed by atoms with van der Waals surface area (Å²) in [6, 6.07) is 0. The second-order valence-electron chi connectivity index (χ2n) is 5.84. The van der Waals surface area contributed by atoms with Gasteiger partial charge in [0.05, 0.1) is 0 Å². The third kappa shape index (κ3) is 7.03. The minimum atomic E-state index is 0.892. The highest BCUT2D eigenvalue weighted by Crippen LogP contribution is 2.32. The molecule has 1 saturated carbocycles. The van der Waals surface area contributed by atoms with Crippen LogP contribution in [0.1, 0.15) is 78.1 Å². The lowest BCUT2D eigenvalue weighted by Gasteiger charge is -2.26. The maximum absolute atomic E-state index is 2.49. The van der Waals surface area contributed by atoms with Crippen LogP contribution in [0.15, 0.2) is 24.3 Å². The Labute approximate surface area is 115 Å². The normalized spacial score (nSPS) is 25.2. The van der Waals surface area contributed by atoms with Gasteiger partial charge >= 0.3 is 0 Å². The second kappa shape index (κ2) is 10.4. The molecular weight excluding hydrogens is 216 g/mol. The van der Waals surface area contributed by atoms with E-state index in [2.05, 4.69) is 38.2 Å². The molecule has 1 aliphatic rings. The molecule has 1 aliphatic carbocycles. The molecule has 18 heavy (non-hydrogen) atoms. The topological polar surface area (TPSA) is 0 Å². The third-order valence-corrected chi connectivity index (χ3v) is 4.12. The molecule has 0 heteroatoms. The van der Waals surface area contributed by atoms with Crippen molar-refractivity contribution in [2.45, 2.75) is 78.1 Å². The van der Waals surface area contributed by atoms with Crippen LogP contribution in [0.5, 0.6) is 0 Å². The van der Waals surface area contributed by atoms with Crippen molar-refractivity contribution in [2.75, 3.05) is 0 Å². The van der Waals surface area contributed by atoms with Crippen LogP contribution in [-0.2, 0) is 0 Å². The van der Waals surface area contributed by atoms with Crippen molar-refractivity contribution in [2.24, 2.45) is 11.8 Å². The zero-order valence-electron chi connectivity index (χ0n) is 12.5. The quantitative estimate of drug-likeness (QED) is 0.443. The van der Waals surface area contributed by atoms with Crippen LogP contribution in [0.4, 0.5) is 0 Å². The molecule has 104 valence electrons. The fraction of sp³-hybridized carbons (Fsp3) is 0.778. The van der Waals surface area contributed by atoms with E-state index in [1.165, 1.54) is 64.2 Å². The molecule has 1 fully saturated rings. The second-order valence-corrected chi connectivity index (χ2v) is 5.84. The fourth-order valence-corrected chi connectivity index (χ4v) is 2.86. The average molecular weight is 248 g/mol. The highest BCUT2D eigenvalue weighted by Gasteiger charge is 2.18. The van der Waals surface area contributed by atoms with Gasteiger partial charge in [-0.1, -0.05) is 51.0 Å². The maximum atomic E-state index is 2.49. The first-order valence-electron chi connectivity index (χ1n) is 8.18. The molecule has 0 nitrogen and oxygen atoms in total. The molecule has 0 amide bonds. The van der Waals surface area contributed by atoms with Crippen molar-refractivity contribution >= 4 is 0 Å². The standard InChI is InChI=1S/C18H32/c1-3-5-7-8-10-12-18-15-13-17(14-16-18)11-9-6-4-2/h7-9,11,17-18H,3-6,10,12-16H2,1-2H3/b8-7+,11-9+. The lowest BCUT2D eigenvalue weighted by atomic mass is 9.80. The number of rotatable bonds is 8. The van der Waals surface area contributed by atoms with Gasteiger partial charge in [0.1, 0.15) is 0 Å². The van der Waals surface area contributed by atoms with Gasteiger partial charge in [0.15, 0.2) is 0 Å². The molecule has 0 aromatic carbocycles. The summed E-state index contributed by atoms with van der Waals surface area (Å²) in [6.07, 6.45) is 23.3. The Morgan fingerprint density at radius 1 is 0.778 bits per heavy atom. The lowest BCUT2D eigenvalue weighted by Crippen LogP contribution is -2.12. The van der Waals surface area contributed by atoms with E-state index in [4.69, 9.17) is 0 Å². The molecule has 0 heterocycles. The van der Waals surface area contributed by atoms with Crippen LogP contribution in [0, 0.1) is 11.8 Å². The predicted octanol–water partition coefficient (Wildman–Crippen LogP) is 6.29. The molecular formula is C18H32. The molecule has 0 aromatic heterocycles. The summed E-state index contributed by atoms with van der Waals surface area (Å²) in [6.45, 7) is 4.50. The van der Waals surface area contributed by atoms with E-state index < -0.39 is 0 Å². The van der Waals surface area contributed by atoms with Crippen LogP contribution in [0.3, 0.4) is 0 Å². The van der Waals surface area contributed by atoms with Crippen molar-refractivity contribution < 1.29 is 0 Å². The summed E-state index contributed by atoms with van der Waals surface area (Å²) in [5.41, 5.74) is 0. The van der Waals surface area contributed by atoms with E-state index in [-0.39, 0.29) is 0 Å². The SMILES string of the molecule is CCC/C=C/CCC1CCC(/C=C/CCC)CC1. The fourth-order valence-electron chi connectivity index (χ4n) is 2.86. The molecule has 1 rings (SSSR count). The zero-order valence-corrected chi connectivity index (χ0v) is 12.5. The third-order valence-electron chi connectivity index (χ3n) is 4.12. The predicted molar refractivity (Wildman–Crippen MR) is 82.8 cm³/mol. The largest absolute Gasteiger partial charge is 0.0885 e. The Hall–Kier alpha value is -0.520. The monoisotopic (exact) mass is 248 g/mol. The first kappa shape index (κ1) is 15.5. The van der Waals surface area contributed by atoms with E-state index in [1.807, 2.05) is 0 Å². The Balaban J connectivity index is 2.08. The Morgan fingerprint density at radius 3 is 2.06 bits per heavy atom. The Kier molecular flexibility index (Phi) is 8.98. The van der Waals surface area contributed by atoms with Gasteiger partial charge in [0.25, 0.3) is 0 Å². The highest BCUT2D eigenvalue weighted by molar-refractivity contribution is 4.91. The number of unbranched alkanes of at least 4 members (excludes halogenated alkanes) is 2. The first-order chi connectivity index (χ1) is 8.86. The molecule has 0 spiro atoms. The molecule has 0 unspecified atom stereocenters. The average Bonchev–Trinajstić information content (AvgIpc) is 2.40. The summed E-state index contributed by atoms with van der Waals surface area (Å²) in [4.78, 5) is 0. The van der Waals surface area contributed by atoms with Gasteiger partial charge in [-0.2, -0.15) is 0 Å². The number of allylic oxidation sites excluding steroid dienone is 4. The lowest BCUT2D eigenvalue weighted by molar-refractivity contribution is 0.297. The van der Waals surface area contributed by atoms with Crippen molar-refractivity contribution in [1.29, 1.82) is 0 Å². The maximum Gasteiger partial charge on any atom is -0.0233 e. The first-order valence-corrected chi connectivity index (χ1v) is 8.18. The van der Waals surface area contributed by atoms with E-state index >= 15 is 0 Å². The van der Waals surface area contributed by atoms with E-state index in [9.17, 15) is 0 Å². The van der Waals surface area contributed by atoms with Crippen LogP contribution in [0.2, 0.25) is 0 Å². The van der Waals surface area contributed by atoms with Gasteiger partial charge < -0.3 is 0 Å². The minimum absolute atomic E-state index is 0.892. The van der Waals surface area contributed by atoms with Gasteiger partial charge in [0.2, 0.25) is 0 Å². The Morgan fingerprint density at radius 2 is 1.39 bits per heavy atom. The van der Waals surface area contributed by atoms with Crippen molar-refractivity contribution in [3.63, 3.8) is 0 Å². The van der Waals surface area contributed by atoms with Crippen LogP contribution in [-0.4, -0.2) is 0 Å². The summed E-state index contributed by atoms with van der Waals surface area (Å²) in [7, 11) is 0. The summed E-state index contributed by atoms with van der Waals surface area (Å²) < 4.78 is 0. The summed E-state index contributed by atoms with van der Waals surface area (Å²) >= 11 is 0. The Bertz CT molecular complexity index is 228. The number of hydrogen-bond acceptors (Lipinski definition) is 0. The van der Waals surface area contributed by atoms with E-state index in [0.717, 1.165) is 11.8 Å². The number of hydrogen-bond donors (Lipinski definition) is 0. The molecule has 0 aliphatic heterocycles. The van der Waals surface area contributed by atoms with Gasteiger partial charge in [-0.25, -0.2) is 0 Å². The molecule has 0 atom stereocenters. The molecule has 0 saturated heterocycles. The van der Waals surface area contributed by atoms with Gasteiger partial charge in [-0.05, 0) is 63.2 Å². The van der Waals surface area contributed by atoms with Crippen LogP contribution < -0.4 is 0 Å². The minimum Gasteiger partial charge on any atom is -0.0885 e. The highest BCUT2D eigenvalue weighted by atomic mass is 14.2. The molecule has 0 bridgehead atoms. The van der Waals surface area contributed by atoms with Crippen molar-refractivity contribution in [1.82, 2.24) is 0 Å². The van der Waals surface area contributed by atoms with E-state index in [0.29, 0.717) is 0 Å². The van der Waals surface area contributed by atoms with Gasteiger partial charge in [0, 0.05) is 0 Å². The van der Waals surface area contributed by atoms with Gasteiger partial charge in [-0.3, -0.25) is 0 Å². The van der Waals surface area contributed by atoms with Crippen molar-refractivity contribution in [3.05, 3.63) is 24.3 Å². The summed E-state index contributed by atoms with van der Waals surface area (Å²) in [5, 5.41) is 0. The van der Waals surface area contributed by atoms with Crippen LogP contribution in [0.25, 0.3) is 0 Å². The van der Waals surface area contributed by atoms with Crippen molar-refractivity contribution in [3.8, 4) is 0 Å². The van der Waals surface area contributed by atoms with Gasteiger partial charge in [-0.15, -0.1) is 0 Å². The van der Waals surface area contributed by atoms with Crippen LogP contribution >= 0.6 is 0 Å². The zero-order chi connectivity index (χ0) is 13.1. The summed E-state index contributed by atoms with van der Waals surface area (Å²) in [5.74, 6) is 1.90. The molecule has 0 aromatic rings. The molecule has 0 radical (unpaired) electrons. The molecule has 0 N–H and O–H groups in total.